The maximum Gasteiger partial charge on any atom is 0.161 e. The van der Waals surface area contributed by atoms with E-state index in [-0.39, 0.29) is 10.9 Å². The lowest BCUT2D eigenvalue weighted by molar-refractivity contribution is 0.110. The minimum atomic E-state index is 0.213. The highest BCUT2D eigenvalue weighted by atomic mass is 79.9. The van der Waals surface area contributed by atoms with Crippen molar-refractivity contribution in [2.24, 2.45) is 0 Å². The normalized spacial score (nSPS) is 20.3. The van der Waals surface area contributed by atoms with Gasteiger partial charge in [-0.2, -0.15) is 0 Å². The summed E-state index contributed by atoms with van der Waals surface area (Å²) >= 11 is 3.74. The van der Waals surface area contributed by atoms with Gasteiger partial charge in [0.1, 0.15) is 0 Å². The zero-order chi connectivity index (χ0) is 13.7. The summed E-state index contributed by atoms with van der Waals surface area (Å²) in [5.74, 6) is 1.62. The fourth-order valence-electron chi connectivity index (χ4n) is 2.29. The molecule has 1 aliphatic rings. The maximum absolute atomic E-state index is 5.73. The van der Waals surface area contributed by atoms with Gasteiger partial charge in [0.15, 0.2) is 11.5 Å². The lowest BCUT2D eigenvalue weighted by Gasteiger charge is -2.19. The first kappa shape index (κ1) is 14.7. The smallest absolute Gasteiger partial charge is 0.161 e. The Morgan fingerprint density at radius 1 is 1.26 bits per heavy atom. The van der Waals surface area contributed by atoms with Crippen LogP contribution in [-0.4, -0.2) is 25.9 Å². The van der Waals surface area contributed by atoms with E-state index >= 15 is 0 Å². The molecule has 0 aromatic heterocycles. The summed E-state index contributed by atoms with van der Waals surface area (Å²) in [7, 11) is 0. The van der Waals surface area contributed by atoms with Gasteiger partial charge in [-0.1, -0.05) is 22.0 Å². The Kier molecular flexibility index (Phi) is 5.52. The van der Waals surface area contributed by atoms with Crippen molar-refractivity contribution in [3.63, 3.8) is 0 Å². The molecule has 1 aliphatic heterocycles. The molecule has 1 aromatic carbocycles. The molecule has 0 spiro atoms. The van der Waals surface area contributed by atoms with Gasteiger partial charge in [0, 0.05) is 6.61 Å². The second kappa shape index (κ2) is 7.15. The first-order valence-electron chi connectivity index (χ1n) is 6.91. The van der Waals surface area contributed by atoms with Crippen molar-refractivity contribution in [1.29, 1.82) is 0 Å². The molecule has 0 aliphatic carbocycles. The zero-order valence-electron chi connectivity index (χ0n) is 11.5. The van der Waals surface area contributed by atoms with Crippen LogP contribution in [0.3, 0.4) is 0 Å². The SMILES string of the molecule is CCOc1ccc(C(Br)C2CCCO2)cc1OCC. The van der Waals surface area contributed by atoms with Crippen LogP contribution in [0, 0.1) is 0 Å². The Labute approximate surface area is 123 Å². The second-order valence-corrected chi connectivity index (χ2v) is 5.51. The van der Waals surface area contributed by atoms with Gasteiger partial charge in [0.2, 0.25) is 0 Å². The highest BCUT2D eigenvalue weighted by Gasteiger charge is 2.25. The van der Waals surface area contributed by atoms with Gasteiger partial charge < -0.3 is 14.2 Å². The van der Waals surface area contributed by atoms with Gasteiger partial charge in [0.05, 0.1) is 24.1 Å². The van der Waals surface area contributed by atoms with Gasteiger partial charge in [-0.15, -0.1) is 0 Å². The number of ether oxygens (including phenoxy) is 3. The van der Waals surface area contributed by atoms with E-state index in [9.17, 15) is 0 Å². The number of hydrogen-bond acceptors (Lipinski definition) is 3. The topological polar surface area (TPSA) is 27.7 Å². The minimum absolute atomic E-state index is 0.213. The molecule has 3 nitrogen and oxygen atoms in total. The Morgan fingerprint density at radius 2 is 2.00 bits per heavy atom. The largest absolute Gasteiger partial charge is 0.490 e. The molecule has 1 aromatic rings. The fraction of sp³-hybridized carbons (Fsp3) is 0.600. The molecule has 106 valence electrons. The van der Waals surface area contributed by atoms with Crippen LogP contribution < -0.4 is 9.47 Å². The van der Waals surface area contributed by atoms with Gasteiger partial charge in [-0.3, -0.25) is 0 Å². The predicted molar refractivity (Wildman–Crippen MR) is 79.4 cm³/mol. The van der Waals surface area contributed by atoms with Gasteiger partial charge >= 0.3 is 0 Å². The molecule has 0 radical (unpaired) electrons. The molecule has 0 N–H and O–H groups in total. The summed E-state index contributed by atoms with van der Waals surface area (Å²) < 4.78 is 17.0. The van der Waals surface area contributed by atoms with Crippen LogP contribution in [-0.2, 0) is 4.74 Å². The molecule has 19 heavy (non-hydrogen) atoms. The number of benzene rings is 1. The number of alkyl halides is 1. The predicted octanol–water partition coefficient (Wildman–Crippen LogP) is 4.10. The monoisotopic (exact) mass is 328 g/mol. The Bertz CT molecular complexity index is 402. The molecular formula is C15H21BrO3. The van der Waals surface area contributed by atoms with E-state index in [2.05, 4.69) is 28.1 Å². The third-order valence-corrected chi connectivity index (χ3v) is 4.30. The van der Waals surface area contributed by atoms with Crippen molar-refractivity contribution in [2.75, 3.05) is 19.8 Å². The Hall–Kier alpha value is -0.740. The van der Waals surface area contributed by atoms with Crippen LogP contribution in [0.2, 0.25) is 0 Å². The van der Waals surface area contributed by atoms with E-state index in [1.807, 2.05) is 19.9 Å². The summed E-state index contributed by atoms with van der Waals surface area (Å²) in [6.07, 6.45) is 2.50. The molecular weight excluding hydrogens is 308 g/mol. The Morgan fingerprint density at radius 3 is 2.63 bits per heavy atom. The van der Waals surface area contributed by atoms with Crippen molar-refractivity contribution in [1.82, 2.24) is 0 Å². The molecule has 2 rings (SSSR count). The molecule has 1 fully saturated rings. The molecule has 0 amide bonds. The number of rotatable bonds is 6. The second-order valence-electron chi connectivity index (χ2n) is 4.53. The quantitative estimate of drug-likeness (QED) is 0.736. The average molecular weight is 329 g/mol. The van der Waals surface area contributed by atoms with Crippen molar-refractivity contribution >= 4 is 15.9 Å². The van der Waals surface area contributed by atoms with E-state index in [4.69, 9.17) is 14.2 Å². The van der Waals surface area contributed by atoms with Crippen molar-refractivity contribution < 1.29 is 14.2 Å². The first-order valence-corrected chi connectivity index (χ1v) is 7.83. The first-order chi connectivity index (χ1) is 9.26. The number of hydrogen-bond donors (Lipinski definition) is 0. The molecule has 1 saturated heterocycles. The highest BCUT2D eigenvalue weighted by Crippen LogP contribution is 2.38. The van der Waals surface area contributed by atoms with Gasteiger partial charge in [-0.25, -0.2) is 0 Å². The lowest BCUT2D eigenvalue weighted by Crippen LogP contribution is -2.12. The summed E-state index contributed by atoms with van der Waals surface area (Å²) in [5, 5.41) is 0. The molecule has 0 bridgehead atoms. The molecule has 4 heteroatoms. The van der Waals surface area contributed by atoms with Crippen LogP contribution in [0.5, 0.6) is 11.5 Å². The van der Waals surface area contributed by atoms with Crippen LogP contribution >= 0.6 is 15.9 Å². The highest BCUT2D eigenvalue weighted by molar-refractivity contribution is 9.09. The molecule has 0 saturated carbocycles. The van der Waals surface area contributed by atoms with E-state index in [0.29, 0.717) is 13.2 Å². The fourth-order valence-corrected chi connectivity index (χ4v) is 2.99. The molecule has 2 unspecified atom stereocenters. The van der Waals surface area contributed by atoms with E-state index < -0.39 is 0 Å². The third kappa shape index (κ3) is 3.63. The number of halogens is 1. The molecule has 2 atom stereocenters. The summed E-state index contributed by atoms with van der Waals surface area (Å²) in [6.45, 7) is 6.10. The van der Waals surface area contributed by atoms with Crippen LogP contribution in [0.15, 0.2) is 18.2 Å². The Balaban J connectivity index is 2.18. The van der Waals surface area contributed by atoms with Gasteiger partial charge in [0.25, 0.3) is 0 Å². The lowest BCUT2D eigenvalue weighted by atomic mass is 10.1. The maximum atomic E-state index is 5.73. The minimum Gasteiger partial charge on any atom is -0.490 e. The molecule has 1 heterocycles. The van der Waals surface area contributed by atoms with E-state index in [0.717, 1.165) is 30.9 Å². The average Bonchev–Trinajstić information content (AvgIpc) is 2.94. The van der Waals surface area contributed by atoms with Crippen molar-refractivity contribution in [3.8, 4) is 11.5 Å². The third-order valence-electron chi connectivity index (χ3n) is 3.18. The van der Waals surface area contributed by atoms with Gasteiger partial charge in [-0.05, 0) is 44.4 Å². The van der Waals surface area contributed by atoms with Crippen LogP contribution in [0.4, 0.5) is 0 Å². The summed E-state index contributed by atoms with van der Waals surface area (Å²) in [5.41, 5.74) is 1.18. The van der Waals surface area contributed by atoms with Crippen molar-refractivity contribution in [2.45, 2.75) is 37.6 Å². The van der Waals surface area contributed by atoms with Crippen molar-refractivity contribution in [3.05, 3.63) is 23.8 Å². The summed E-state index contributed by atoms with van der Waals surface area (Å²) in [6, 6.07) is 6.11. The van der Waals surface area contributed by atoms with E-state index in [1.165, 1.54) is 5.56 Å². The van der Waals surface area contributed by atoms with Crippen LogP contribution in [0.1, 0.15) is 37.1 Å². The van der Waals surface area contributed by atoms with E-state index in [1.54, 1.807) is 0 Å². The summed E-state index contributed by atoms with van der Waals surface area (Å²) in [4.78, 5) is 0.213. The standard InChI is InChI=1S/C15H21BrO3/c1-3-17-12-8-7-11(10-14(12)18-4-2)15(16)13-6-5-9-19-13/h7-8,10,13,15H,3-6,9H2,1-2H3. The zero-order valence-corrected chi connectivity index (χ0v) is 13.1. The van der Waals surface area contributed by atoms with Crippen LogP contribution in [0.25, 0.3) is 0 Å².